The van der Waals surface area contributed by atoms with E-state index < -0.39 is 5.97 Å². The topological polar surface area (TPSA) is 68.2 Å². The number of hydrogen-bond acceptors (Lipinski definition) is 2. The molecule has 2 rings (SSSR count). The standard InChI is InChI=1S/C15H18N2O2/c1-11(16)14-7-4-8-17(14)10-13-6-3-2-5-12(13)9-15(18)19/h2-8,11H,9-10,16H2,1H3,(H,18,19). The second kappa shape index (κ2) is 5.71. The van der Waals surface area contributed by atoms with Crippen LogP contribution in [0.15, 0.2) is 42.6 Å². The van der Waals surface area contributed by atoms with Crippen LogP contribution in [0.5, 0.6) is 0 Å². The van der Waals surface area contributed by atoms with E-state index in [4.69, 9.17) is 10.8 Å². The number of aliphatic carboxylic acids is 1. The van der Waals surface area contributed by atoms with E-state index in [2.05, 4.69) is 4.57 Å². The van der Waals surface area contributed by atoms with Gasteiger partial charge in [-0.1, -0.05) is 24.3 Å². The quantitative estimate of drug-likeness (QED) is 0.863. The Morgan fingerprint density at radius 3 is 2.58 bits per heavy atom. The van der Waals surface area contributed by atoms with Gasteiger partial charge < -0.3 is 15.4 Å². The number of aromatic nitrogens is 1. The van der Waals surface area contributed by atoms with E-state index in [1.54, 1.807) is 0 Å². The zero-order valence-electron chi connectivity index (χ0n) is 10.9. The summed E-state index contributed by atoms with van der Waals surface area (Å²) in [7, 11) is 0. The molecule has 0 saturated heterocycles. The van der Waals surface area contributed by atoms with Gasteiger partial charge in [-0.2, -0.15) is 0 Å². The van der Waals surface area contributed by atoms with Gasteiger partial charge >= 0.3 is 5.97 Å². The summed E-state index contributed by atoms with van der Waals surface area (Å²) in [5.41, 5.74) is 8.83. The van der Waals surface area contributed by atoms with Crippen LogP contribution < -0.4 is 5.73 Å². The molecule has 3 N–H and O–H groups in total. The minimum absolute atomic E-state index is 0.0402. The number of nitrogens with two attached hydrogens (primary N) is 1. The zero-order chi connectivity index (χ0) is 13.8. The van der Waals surface area contributed by atoms with Crippen molar-refractivity contribution in [2.24, 2.45) is 5.73 Å². The third-order valence-electron chi connectivity index (χ3n) is 3.13. The summed E-state index contributed by atoms with van der Waals surface area (Å²) < 4.78 is 2.06. The summed E-state index contributed by atoms with van der Waals surface area (Å²) in [5.74, 6) is -0.813. The predicted octanol–water partition coefficient (Wildman–Crippen LogP) is 2.18. The SMILES string of the molecule is CC(N)c1cccn1Cc1ccccc1CC(=O)O. The van der Waals surface area contributed by atoms with E-state index in [0.717, 1.165) is 16.8 Å². The van der Waals surface area contributed by atoms with E-state index in [9.17, 15) is 4.79 Å². The Bertz CT molecular complexity index is 573. The van der Waals surface area contributed by atoms with Gasteiger partial charge in [-0.15, -0.1) is 0 Å². The molecule has 100 valence electrons. The fraction of sp³-hybridized carbons (Fsp3) is 0.267. The van der Waals surface area contributed by atoms with Crippen LogP contribution in [-0.4, -0.2) is 15.6 Å². The van der Waals surface area contributed by atoms with Crippen molar-refractivity contribution in [1.29, 1.82) is 0 Å². The molecular weight excluding hydrogens is 240 g/mol. The molecule has 0 amide bonds. The maximum Gasteiger partial charge on any atom is 0.307 e. The van der Waals surface area contributed by atoms with Crippen LogP contribution in [0.2, 0.25) is 0 Å². The molecule has 0 aliphatic rings. The Hall–Kier alpha value is -2.07. The highest BCUT2D eigenvalue weighted by Gasteiger charge is 2.10. The molecule has 0 spiro atoms. The van der Waals surface area contributed by atoms with Crippen LogP contribution in [0.3, 0.4) is 0 Å². The lowest BCUT2D eigenvalue weighted by atomic mass is 10.0. The van der Waals surface area contributed by atoms with Gasteiger partial charge in [0.15, 0.2) is 0 Å². The van der Waals surface area contributed by atoms with E-state index in [1.807, 2.05) is 49.5 Å². The highest BCUT2D eigenvalue weighted by Crippen LogP contribution is 2.16. The molecule has 19 heavy (non-hydrogen) atoms. The third kappa shape index (κ3) is 3.23. The highest BCUT2D eigenvalue weighted by molar-refractivity contribution is 5.70. The molecule has 1 atom stereocenters. The summed E-state index contributed by atoms with van der Waals surface area (Å²) in [5, 5.41) is 8.93. The van der Waals surface area contributed by atoms with E-state index in [-0.39, 0.29) is 12.5 Å². The molecule has 4 heteroatoms. The molecule has 0 bridgehead atoms. The molecule has 0 aliphatic heterocycles. The Morgan fingerprint density at radius 2 is 1.95 bits per heavy atom. The number of benzene rings is 1. The summed E-state index contributed by atoms with van der Waals surface area (Å²) in [4.78, 5) is 10.9. The first kappa shape index (κ1) is 13.4. The van der Waals surface area contributed by atoms with Crippen molar-refractivity contribution < 1.29 is 9.90 Å². The number of nitrogens with zero attached hydrogens (tertiary/aromatic N) is 1. The van der Waals surface area contributed by atoms with Gasteiger partial charge in [0.1, 0.15) is 0 Å². The molecule has 0 saturated carbocycles. The van der Waals surface area contributed by atoms with Crippen LogP contribution in [-0.2, 0) is 17.8 Å². The zero-order valence-corrected chi connectivity index (χ0v) is 10.9. The fourth-order valence-corrected chi connectivity index (χ4v) is 2.22. The molecule has 1 aromatic heterocycles. The van der Waals surface area contributed by atoms with Crippen molar-refractivity contribution >= 4 is 5.97 Å². The van der Waals surface area contributed by atoms with Crippen molar-refractivity contribution in [3.8, 4) is 0 Å². The summed E-state index contributed by atoms with van der Waals surface area (Å²) >= 11 is 0. The van der Waals surface area contributed by atoms with Gasteiger partial charge in [0.25, 0.3) is 0 Å². The molecular formula is C15H18N2O2. The molecule has 2 aromatic rings. The van der Waals surface area contributed by atoms with Crippen LogP contribution in [0.25, 0.3) is 0 Å². The number of carboxylic acid groups (broad SMARTS) is 1. The number of carbonyl (C=O) groups is 1. The second-order valence-electron chi connectivity index (χ2n) is 4.69. The first-order valence-corrected chi connectivity index (χ1v) is 6.27. The van der Waals surface area contributed by atoms with Gasteiger partial charge in [0, 0.05) is 24.5 Å². The predicted molar refractivity (Wildman–Crippen MR) is 73.9 cm³/mol. The van der Waals surface area contributed by atoms with Crippen molar-refractivity contribution in [3.05, 3.63) is 59.4 Å². The van der Waals surface area contributed by atoms with Gasteiger partial charge in [-0.3, -0.25) is 4.79 Å². The second-order valence-corrected chi connectivity index (χ2v) is 4.69. The Kier molecular flexibility index (Phi) is 4.02. The van der Waals surface area contributed by atoms with Crippen LogP contribution >= 0.6 is 0 Å². The van der Waals surface area contributed by atoms with E-state index in [1.165, 1.54) is 0 Å². The summed E-state index contributed by atoms with van der Waals surface area (Å²) in [6, 6.07) is 11.5. The molecule has 0 fully saturated rings. The molecule has 0 aliphatic carbocycles. The van der Waals surface area contributed by atoms with Crippen molar-refractivity contribution in [2.75, 3.05) is 0 Å². The fourth-order valence-electron chi connectivity index (χ4n) is 2.22. The Labute approximate surface area is 112 Å². The normalized spacial score (nSPS) is 12.3. The number of rotatable bonds is 5. The highest BCUT2D eigenvalue weighted by atomic mass is 16.4. The lowest BCUT2D eigenvalue weighted by Crippen LogP contribution is -2.13. The maximum absolute atomic E-state index is 10.9. The minimum Gasteiger partial charge on any atom is -0.481 e. The molecule has 0 radical (unpaired) electrons. The largest absolute Gasteiger partial charge is 0.481 e. The summed E-state index contributed by atoms with van der Waals surface area (Å²) in [6.45, 7) is 2.59. The van der Waals surface area contributed by atoms with Crippen LogP contribution in [0.4, 0.5) is 0 Å². The van der Waals surface area contributed by atoms with Crippen molar-refractivity contribution in [2.45, 2.75) is 25.9 Å². The lowest BCUT2D eigenvalue weighted by Gasteiger charge is -2.14. The molecule has 1 heterocycles. The third-order valence-corrected chi connectivity index (χ3v) is 3.13. The average molecular weight is 258 g/mol. The first-order chi connectivity index (χ1) is 9.08. The van der Waals surface area contributed by atoms with E-state index in [0.29, 0.717) is 6.54 Å². The van der Waals surface area contributed by atoms with Gasteiger partial charge in [-0.25, -0.2) is 0 Å². The van der Waals surface area contributed by atoms with Crippen molar-refractivity contribution in [3.63, 3.8) is 0 Å². The van der Waals surface area contributed by atoms with Crippen molar-refractivity contribution in [1.82, 2.24) is 4.57 Å². The van der Waals surface area contributed by atoms with Gasteiger partial charge in [0.05, 0.1) is 6.42 Å². The number of carboxylic acids is 1. The average Bonchev–Trinajstić information content (AvgIpc) is 2.79. The monoisotopic (exact) mass is 258 g/mol. The molecule has 1 aromatic carbocycles. The minimum atomic E-state index is -0.813. The first-order valence-electron chi connectivity index (χ1n) is 6.27. The van der Waals surface area contributed by atoms with Crippen LogP contribution in [0.1, 0.15) is 29.8 Å². The summed E-state index contributed by atoms with van der Waals surface area (Å²) in [6.07, 6.45) is 2.02. The Balaban J connectivity index is 2.28. The molecule has 1 unspecified atom stereocenters. The lowest BCUT2D eigenvalue weighted by molar-refractivity contribution is -0.136. The van der Waals surface area contributed by atoms with Gasteiger partial charge in [0.2, 0.25) is 0 Å². The van der Waals surface area contributed by atoms with Crippen LogP contribution in [0, 0.1) is 0 Å². The maximum atomic E-state index is 10.9. The molecule has 4 nitrogen and oxygen atoms in total. The van der Waals surface area contributed by atoms with Gasteiger partial charge in [-0.05, 0) is 30.2 Å². The van der Waals surface area contributed by atoms with E-state index >= 15 is 0 Å². The smallest absolute Gasteiger partial charge is 0.307 e. The Morgan fingerprint density at radius 1 is 1.26 bits per heavy atom. The number of hydrogen-bond donors (Lipinski definition) is 2.